The summed E-state index contributed by atoms with van der Waals surface area (Å²) in [6.07, 6.45) is -10.8. The summed E-state index contributed by atoms with van der Waals surface area (Å²) in [5, 5.41) is 17.9. The minimum absolute atomic E-state index is 0.0927. The van der Waals surface area contributed by atoms with Gasteiger partial charge in [0.05, 0.1) is 17.9 Å². The summed E-state index contributed by atoms with van der Waals surface area (Å²) in [4.78, 5) is 27.7. The van der Waals surface area contributed by atoms with Crippen molar-refractivity contribution in [2.45, 2.75) is 50.2 Å². The molecule has 4 rings (SSSR count). The average molecular weight is 570 g/mol. The summed E-state index contributed by atoms with van der Waals surface area (Å²) in [6.45, 7) is -0.509. The van der Waals surface area contributed by atoms with E-state index in [1.54, 1.807) is 35.6 Å². The quantitative estimate of drug-likeness (QED) is 0.268. The second-order valence-electron chi connectivity index (χ2n) is 8.69. The molecular formula is C25H20F6N4O5. The number of rotatable bonds is 4. The number of hydrogen-bond donors (Lipinski definition) is 2. The fourth-order valence-corrected chi connectivity index (χ4v) is 4.02. The molecule has 3 aromatic rings. The Balaban J connectivity index is 1.92. The van der Waals surface area contributed by atoms with Gasteiger partial charge < -0.3 is 14.3 Å². The molecule has 1 atom stereocenters. The van der Waals surface area contributed by atoms with Gasteiger partial charge in [-0.15, -0.1) is 10.2 Å². The van der Waals surface area contributed by atoms with Crippen molar-refractivity contribution < 1.29 is 50.2 Å². The Kier molecular flexibility index (Phi) is 7.95. The average Bonchev–Trinajstić information content (AvgIpc) is 3.36. The number of carbonyl (C=O) groups excluding carboxylic acids is 1. The van der Waals surface area contributed by atoms with E-state index in [1.165, 1.54) is 12.2 Å². The standard InChI is InChI=1S/C25H20F6N4O5/c26-24(27,28)15-12-16(32-22(37)38)19-20-34-35-21(40-20)23(25(29,30)31,39-13-14-8-4-3-5-9-14)11-7-2-1-6-10-17(36)18(15)33-19/h1-5,8-9,12,32H,6-7,10-11,13H2,(H,37,38)/t23-/m1/s1. The van der Waals surface area contributed by atoms with E-state index in [0.29, 0.717) is 11.6 Å². The van der Waals surface area contributed by atoms with Crippen molar-refractivity contribution in [2.24, 2.45) is 0 Å². The third-order valence-electron chi connectivity index (χ3n) is 5.96. The van der Waals surface area contributed by atoms with E-state index in [2.05, 4.69) is 15.2 Å². The number of pyridine rings is 1. The lowest BCUT2D eigenvalue weighted by Gasteiger charge is -2.32. The van der Waals surface area contributed by atoms with Gasteiger partial charge in [-0.05, 0) is 30.9 Å². The van der Waals surface area contributed by atoms with E-state index in [9.17, 15) is 35.9 Å². The van der Waals surface area contributed by atoms with E-state index in [1.807, 2.05) is 0 Å². The van der Waals surface area contributed by atoms with Gasteiger partial charge in [-0.3, -0.25) is 10.1 Å². The molecule has 2 N–H and O–H groups in total. The topological polar surface area (TPSA) is 127 Å². The smallest absolute Gasteiger partial charge is 0.426 e. The minimum atomic E-state index is -5.12. The Morgan fingerprint density at radius 3 is 2.40 bits per heavy atom. The summed E-state index contributed by atoms with van der Waals surface area (Å²) in [6, 6.07) is 8.26. The van der Waals surface area contributed by atoms with E-state index in [4.69, 9.17) is 14.3 Å². The maximum atomic E-state index is 14.7. The van der Waals surface area contributed by atoms with Crippen LogP contribution in [0.1, 0.15) is 53.2 Å². The number of ketones is 1. The summed E-state index contributed by atoms with van der Waals surface area (Å²) >= 11 is 0. The highest BCUT2D eigenvalue weighted by molar-refractivity contribution is 5.98. The molecule has 1 aromatic carbocycles. The zero-order valence-electron chi connectivity index (χ0n) is 20.3. The number of anilines is 1. The van der Waals surface area contributed by atoms with Crippen molar-refractivity contribution in [1.29, 1.82) is 0 Å². The lowest BCUT2D eigenvalue weighted by atomic mass is 9.95. The first-order valence-corrected chi connectivity index (χ1v) is 11.7. The van der Waals surface area contributed by atoms with Crippen LogP contribution in [0.25, 0.3) is 11.6 Å². The first-order chi connectivity index (χ1) is 18.8. The van der Waals surface area contributed by atoms with Crippen LogP contribution in [0.4, 0.5) is 36.8 Å². The van der Waals surface area contributed by atoms with Gasteiger partial charge in [-0.25, -0.2) is 9.78 Å². The van der Waals surface area contributed by atoms with E-state index < -0.39 is 83.7 Å². The summed E-state index contributed by atoms with van der Waals surface area (Å²) < 4.78 is 96.2. The van der Waals surface area contributed by atoms with Gasteiger partial charge in [-0.2, -0.15) is 26.3 Å². The van der Waals surface area contributed by atoms with Crippen LogP contribution in [0.2, 0.25) is 0 Å². The second kappa shape index (κ2) is 11.1. The van der Waals surface area contributed by atoms with Gasteiger partial charge in [0.15, 0.2) is 11.5 Å². The molecule has 0 unspecified atom stereocenters. The maximum Gasteiger partial charge on any atom is 0.426 e. The molecule has 0 aliphatic carbocycles. The molecular weight excluding hydrogens is 550 g/mol. The molecule has 0 fully saturated rings. The van der Waals surface area contributed by atoms with E-state index in [0.717, 1.165) is 0 Å². The van der Waals surface area contributed by atoms with Crippen LogP contribution in [-0.4, -0.2) is 38.3 Å². The Hall–Kier alpha value is -4.27. The molecule has 0 saturated heterocycles. The van der Waals surface area contributed by atoms with Crippen molar-refractivity contribution >= 4 is 17.6 Å². The molecule has 9 nitrogen and oxygen atoms in total. The number of hydrogen-bond acceptors (Lipinski definition) is 7. The molecule has 4 bridgehead atoms. The van der Waals surface area contributed by atoms with Gasteiger partial charge >= 0.3 is 18.4 Å². The molecule has 212 valence electrons. The molecule has 2 aromatic heterocycles. The molecule has 40 heavy (non-hydrogen) atoms. The SMILES string of the molecule is O=C(O)Nc1cc(C(F)(F)F)c2nc1-c1nnc(o1)[C@@](OCc1ccccc1)(C(F)(F)F)CCC=CCCC2=O. The highest BCUT2D eigenvalue weighted by Crippen LogP contribution is 2.47. The molecule has 15 heteroatoms. The third kappa shape index (κ3) is 5.98. The highest BCUT2D eigenvalue weighted by atomic mass is 19.4. The van der Waals surface area contributed by atoms with Crippen molar-refractivity contribution in [3.8, 4) is 11.6 Å². The number of nitrogens with zero attached hydrogens (tertiary/aromatic N) is 3. The predicted molar refractivity (Wildman–Crippen MR) is 125 cm³/mol. The van der Waals surface area contributed by atoms with Crippen LogP contribution >= 0.6 is 0 Å². The zero-order chi connectivity index (χ0) is 29.1. The van der Waals surface area contributed by atoms with Crippen LogP contribution in [0, 0.1) is 0 Å². The summed E-state index contributed by atoms with van der Waals surface area (Å²) in [5.74, 6) is -2.97. The van der Waals surface area contributed by atoms with Gasteiger partial charge in [0.25, 0.3) is 11.8 Å². The molecule has 1 aliphatic rings. The van der Waals surface area contributed by atoms with Crippen LogP contribution in [0.15, 0.2) is 53.0 Å². The molecule has 3 heterocycles. The van der Waals surface area contributed by atoms with Gasteiger partial charge in [0.2, 0.25) is 5.60 Å². The second-order valence-corrected chi connectivity index (χ2v) is 8.69. The number of carboxylic acid groups (broad SMARTS) is 1. The number of amides is 1. The van der Waals surface area contributed by atoms with Crippen LogP contribution in [-0.2, 0) is 23.1 Å². The van der Waals surface area contributed by atoms with Crippen molar-refractivity contribution in [1.82, 2.24) is 15.2 Å². The number of carbonyl (C=O) groups is 2. The minimum Gasteiger partial charge on any atom is -0.465 e. The molecule has 0 radical (unpaired) electrons. The molecule has 0 saturated carbocycles. The van der Waals surface area contributed by atoms with Crippen molar-refractivity contribution in [3.63, 3.8) is 0 Å². The van der Waals surface area contributed by atoms with Crippen molar-refractivity contribution in [2.75, 3.05) is 5.32 Å². The zero-order valence-corrected chi connectivity index (χ0v) is 20.3. The number of nitrogens with one attached hydrogen (secondary N) is 1. The maximum absolute atomic E-state index is 14.7. The van der Waals surface area contributed by atoms with Crippen LogP contribution < -0.4 is 5.32 Å². The van der Waals surface area contributed by atoms with Gasteiger partial charge in [0, 0.05) is 6.42 Å². The number of allylic oxidation sites excluding steroid dienone is 2. The lowest BCUT2D eigenvalue weighted by Crippen LogP contribution is -2.45. The molecule has 0 spiro atoms. The number of ether oxygens (including phenoxy) is 1. The number of halogens is 6. The number of alkyl halides is 6. The first kappa shape index (κ1) is 28.7. The first-order valence-electron chi connectivity index (χ1n) is 11.7. The highest BCUT2D eigenvalue weighted by Gasteiger charge is 2.61. The lowest BCUT2D eigenvalue weighted by molar-refractivity contribution is -0.299. The van der Waals surface area contributed by atoms with E-state index >= 15 is 0 Å². The van der Waals surface area contributed by atoms with Gasteiger partial charge in [0.1, 0.15) is 5.69 Å². The Morgan fingerprint density at radius 1 is 1.05 bits per heavy atom. The third-order valence-corrected chi connectivity index (χ3v) is 5.96. The number of benzene rings is 1. The van der Waals surface area contributed by atoms with Gasteiger partial charge in [-0.1, -0.05) is 42.5 Å². The van der Waals surface area contributed by atoms with Crippen molar-refractivity contribution in [3.05, 3.63) is 71.3 Å². The van der Waals surface area contributed by atoms with E-state index in [-0.39, 0.29) is 12.8 Å². The monoisotopic (exact) mass is 570 g/mol. The van der Waals surface area contributed by atoms with Crippen LogP contribution in [0.3, 0.4) is 0 Å². The fourth-order valence-electron chi connectivity index (χ4n) is 4.02. The van der Waals surface area contributed by atoms with Crippen LogP contribution in [0.5, 0.6) is 0 Å². The number of Topliss-reactive ketones (excluding diaryl/α,β-unsaturated/α-hetero) is 1. The molecule has 1 amide bonds. The number of aromatic nitrogens is 3. The predicted octanol–water partition coefficient (Wildman–Crippen LogP) is 6.53. The largest absolute Gasteiger partial charge is 0.465 e. The normalized spacial score (nSPS) is 18.3. The Labute approximate surface area is 221 Å². The Bertz CT molecular complexity index is 1420. The fraction of sp³-hybridized carbons (Fsp3) is 0.320. The number of fused-ring (bicyclic) bond motifs is 5. The molecule has 1 aliphatic heterocycles. The summed E-state index contributed by atoms with van der Waals surface area (Å²) in [5.41, 5.74) is -6.96. The summed E-state index contributed by atoms with van der Waals surface area (Å²) in [7, 11) is 0. The Morgan fingerprint density at radius 2 is 1.75 bits per heavy atom.